The van der Waals surface area contributed by atoms with Crippen LogP contribution in [0.25, 0.3) is 0 Å². The van der Waals surface area contributed by atoms with Crippen molar-refractivity contribution in [2.75, 3.05) is 50.0 Å². The molecule has 1 aliphatic rings. The highest BCUT2D eigenvalue weighted by molar-refractivity contribution is 7.16. The van der Waals surface area contributed by atoms with E-state index in [0.717, 1.165) is 43.7 Å². The number of nitrogens with zero attached hydrogens (tertiary/aromatic N) is 4. The summed E-state index contributed by atoms with van der Waals surface area (Å²) in [5.74, 6) is 0.845. The zero-order chi connectivity index (χ0) is 12.3. The van der Waals surface area contributed by atoms with Crippen LogP contribution in [0.1, 0.15) is 11.8 Å². The molecule has 0 saturated carbocycles. The summed E-state index contributed by atoms with van der Waals surface area (Å²) >= 11 is 1.42. The number of hydrogen-bond donors (Lipinski definition) is 1. The van der Waals surface area contributed by atoms with Crippen LogP contribution in [-0.4, -0.2) is 49.7 Å². The van der Waals surface area contributed by atoms with E-state index < -0.39 is 0 Å². The predicted molar refractivity (Wildman–Crippen MR) is 70.7 cm³/mol. The van der Waals surface area contributed by atoms with Gasteiger partial charge < -0.3 is 15.1 Å². The van der Waals surface area contributed by atoms with E-state index in [1.807, 2.05) is 7.05 Å². The maximum Gasteiger partial charge on any atom is 0.185 e. The van der Waals surface area contributed by atoms with Crippen LogP contribution >= 0.6 is 11.3 Å². The van der Waals surface area contributed by atoms with Gasteiger partial charge in [0, 0.05) is 33.2 Å². The highest BCUT2D eigenvalue weighted by Crippen LogP contribution is 2.29. The summed E-state index contributed by atoms with van der Waals surface area (Å²) in [7, 11) is 1.83. The van der Waals surface area contributed by atoms with Crippen LogP contribution in [0.4, 0.5) is 10.9 Å². The molecule has 6 heteroatoms. The Morgan fingerprint density at radius 2 is 2.12 bits per heavy atom. The third kappa shape index (κ3) is 2.51. The van der Waals surface area contributed by atoms with E-state index in [2.05, 4.69) is 33.1 Å². The fourth-order valence-corrected chi connectivity index (χ4v) is 2.72. The van der Waals surface area contributed by atoms with Gasteiger partial charge in [-0.1, -0.05) is 18.3 Å². The molecule has 0 spiro atoms. The Bertz CT molecular complexity index is 414. The third-order valence-corrected chi connectivity index (χ3v) is 4.01. The number of nitriles is 1. The fraction of sp³-hybridized carbons (Fsp3) is 0.636. The van der Waals surface area contributed by atoms with E-state index >= 15 is 0 Å². The zero-order valence-electron chi connectivity index (χ0n) is 10.2. The van der Waals surface area contributed by atoms with Crippen LogP contribution < -0.4 is 10.2 Å². The first-order chi connectivity index (χ1) is 8.28. The Kier molecular flexibility index (Phi) is 3.82. The first kappa shape index (κ1) is 12.1. The molecule has 1 fully saturated rings. The standard InChI is InChI=1S/C11H17N5S/c1-3-15-4-6-16(7-5-15)10-9(8-12)17-11(13-2)14-10/h3-7H2,1-2H3,(H,13,14). The van der Waals surface area contributed by atoms with Crippen molar-refractivity contribution in [2.24, 2.45) is 0 Å². The van der Waals surface area contributed by atoms with E-state index in [1.165, 1.54) is 11.3 Å². The molecule has 1 aromatic heterocycles. The minimum atomic E-state index is 0.708. The lowest BCUT2D eigenvalue weighted by Gasteiger charge is -2.34. The number of rotatable bonds is 3. The maximum atomic E-state index is 9.11. The summed E-state index contributed by atoms with van der Waals surface area (Å²) in [6.45, 7) is 7.28. The molecular weight excluding hydrogens is 234 g/mol. The van der Waals surface area contributed by atoms with Crippen molar-refractivity contribution in [1.82, 2.24) is 9.88 Å². The summed E-state index contributed by atoms with van der Waals surface area (Å²) in [4.78, 5) is 9.80. The molecule has 1 N–H and O–H groups in total. The molecule has 0 radical (unpaired) electrons. The number of piperazine rings is 1. The van der Waals surface area contributed by atoms with Crippen LogP contribution in [0, 0.1) is 11.3 Å². The monoisotopic (exact) mass is 251 g/mol. The van der Waals surface area contributed by atoms with Crippen molar-refractivity contribution in [2.45, 2.75) is 6.92 Å². The van der Waals surface area contributed by atoms with Crippen LogP contribution in [0.2, 0.25) is 0 Å². The number of anilines is 2. The average molecular weight is 251 g/mol. The van der Waals surface area contributed by atoms with Crippen molar-refractivity contribution < 1.29 is 0 Å². The van der Waals surface area contributed by atoms with Crippen LogP contribution in [0.5, 0.6) is 0 Å². The number of hydrogen-bond acceptors (Lipinski definition) is 6. The largest absolute Gasteiger partial charge is 0.364 e. The maximum absolute atomic E-state index is 9.11. The SMILES string of the molecule is CCN1CCN(c2nc(NC)sc2C#N)CC1. The van der Waals surface area contributed by atoms with Crippen LogP contribution in [0.3, 0.4) is 0 Å². The average Bonchev–Trinajstić information content (AvgIpc) is 2.82. The molecule has 0 amide bonds. The number of aromatic nitrogens is 1. The molecule has 2 heterocycles. The molecule has 1 aliphatic heterocycles. The quantitative estimate of drug-likeness (QED) is 0.875. The first-order valence-corrected chi connectivity index (χ1v) is 6.66. The van der Waals surface area contributed by atoms with Crippen LogP contribution in [-0.2, 0) is 0 Å². The summed E-state index contributed by atoms with van der Waals surface area (Å²) in [5, 5.41) is 12.9. The van der Waals surface area contributed by atoms with Crippen molar-refractivity contribution >= 4 is 22.3 Å². The van der Waals surface area contributed by atoms with Gasteiger partial charge in [0.15, 0.2) is 15.8 Å². The van der Waals surface area contributed by atoms with Gasteiger partial charge in [0.25, 0.3) is 0 Å². The molecule has 1 saturated heterocycles. The molecule has 1 aromatic rings. The minimum absolute atomic E-state index is 0.708. The molecule has 2 rings (SSSR count). The van der Waals surface area contributed by atoms with Crippen LogP contribution in [0.15, 0.2) is 0 Å². The third-order valence-electron chi connectivity index (χ3n) is 3.04. The number of nitrogens with one attached hydrogen (secondary N) is 1. The van der Waals surface area contributed by atoms with Gasteiger partial charge in [-0.05, 0) is 6.54 Å². The van der Waals surface area contributed by atoms with Gasteiger partial charge in [-0.3, -0.25) is 0 Å². The molecule has 0 aliphatic carbocycles. The topological polar surface area (TPSA) is 55.2 Å². The Morgan fingerprint density at radius 1 is 1.41 bits per heavy atom. The number of thiazole rings is 1. The molecule has 0 bridgehead atoms. The van der Waals surface area contributed by atoms with Crippen molar-refractivity contribution in [3.8, 4) is 6.07 Å². The molecule has 5 nitrogen and oxygen atoms in total. The van der Waals surface area contributed by atoms with Crippen molar-refractivity contribution in [3.63, 3.8) is 0 Å². The van der Waals surface area contributed by atoms with Gasteiger partial charge in [0.1, 0.15) is 6.07 Å². The second-order valence-electron chi connectivity index (χ2n) is 3.95. The Hall–Kier alpha value is -1.32. The second-order valence-corrected chi connectivity index (χ2v) is 4.95. The van der Waals surface area contributed by atoms with Crippen molar-refractivity contribution in [3.05, 3.63) is 4.88 Å². The zero-order valence-corrected chi connectivity index (χ0v) is 11.0. The summed E-state index contributed by atoms with van der Waals surface area (Å²) in [6.07, 6.45) is 0. The van der Waals surface area contributed by atoms with Gasteiger partial charge in [-0.25, -0.2) is 4.98 Å². The van der Waals surface area contributed by atoms with E-state index in [-0.39, 0.29) is 0 Å². The predicted octanol–water partition coefficient (Wildman–Crippen LogP) is 1.20. The Labute approximate surface area is 106 Å². The molecule has 0 unspecified atom stereocenters. The van der Waals surface area contributed by atoms with Gasteiger partial charge in [-0.15, -0.1) is 0 Å². The lowest BCUT2D eigenvalue weighted by molar-refractivity contribution is 0.270. The second kappa shape index (κ2) is 5.34. The van der Waals surface area contributed by atoms with E-state index in [1.54, 1.807) is 0 Å². The van der Waals surface area contributed by atoms with Gasteiger partial charge in [0.2, 0.25) is 0 Å². The molecule has 92 valence electrons. The summed E-state index contributed by atoms with van der Waals surface area (Å²) < 4.78 is 0. The smallest absolute Gasteiger partial charge is 0.185 e. The number of likely N-dealkylation sites (N-methyl/N-ethyl adjacent to an activating group) is 1. The molecular formula is C11H17N5S. The summed E-state index contributed by atoms with van der Waals surface area (Å²) in [6, 6.07) is 2.23. The molecule has 17 heavy (non-hydrogen) atoms. The van der Waals surface area contributed by atoms with Gasteiger partial charge >= 0.3 is 0 Å². The van der Waals surface area contributed by atoms with E-state index in [0.29, 0.717) is 4.88 Å². The summed E-state index contributed by atoms with van der Waals surface area (Å²) in [5.41, 5.74) is 0. The lowest BCUT2D eigenvalue weighted by Crippen LogP contribution is -2.46. The lowest BCUT2D eigenvalue weighted by atomic mass is 10.3. The Morgan fingerprint density at radius 3 is 2.65 bits per heavy atom. The van der Waals surface area contributed by atoms with Crippen molar-refractivity contribution in [1.29, 1.82) is 5.26 Å². The van der Waals surface area contributed by atoms with Gasteiger partial charge in [0.05, 0.1) is 0 Å². The normalized spacial score (nSPS) is 16.9. The highest BCUT2D eigenvalue weighted by Gasteiger charge is 2.21. The van der Waals surface area contributed by atoms with E-state index in [9.17, 15) is 0 Å². The van der Waals surface area contributed by atoms with E-state index in [4.69, 9.17) is 5.26 Å². The fourth-order valence-electron chi connectivity index (χ4n) is 1.98. The Balaban J connectivity index is 2.12. The highest BCUT2D eigenvalue weighted by atomic mass is 32.1. The first-order valence-electron chi connectivity index (χ1n) is 5.84. The minimum Gasteiger partial charge on any atom is -0.364 e. The van der Waals surface area contributed by atoms with Gasteiger partial charge in [-0.2, -0.15) is 5.26 Å². The molecule has 0 aromatic carbocycles. The molecule has 0 atom stereocenters.